The number of nitrogens with zero attached hydrogens (tertiary/aromatic N) is 3. The molecule has 0 saturated carbocycles. The average molecular weight is 184 g/mol. The Morgan fingerprint density at radius 3 is 2.85 bits per heavy atom. The lowest BCUT2D eigenvalue weighted by atomic mass is 10.4. The summed E-state index contributed by atoms with van der Waals surface area (Å²) in [5.74, 6) is 0.909. The van der Waals surface area contributed by atoms with E-state index >= 15 is 0 Å². The van der Waals surface area contributed by atoms with Crippen molar-refractivity contribution in [3.05, 3.63) is 0 Å². The Kier molecular flexibility index (Phi) is 3.51. The maximum atomic E-state index is 5.35. The summed E-state index contributed by atoms with van der Waals surface area (Å²) in [5.41, 5.74) is 5.35. The van der Waals surface area contributed by atoms with Gasteiger partial charge in [0.15, 0.2) is 0 Å². The number of hydrogen-bond donors (Lipinski definition) is 3. The summed E-state index contributed by atoms with van der Waals surface area (Å²) < 4.78 is 0. The van der Waals surface area contributed by atoms with E-state index < -0.39 is 0 Å². The molecule has 0 aliphatic rings. The predicted octanol–water partition coefficient (Wildman–Crippen LogP) is -0.249. The molecule has 0 saturated heterocycles. The third-order valence-electron chi connectivity index (χ3n) is 1.57. The van der Waals surface area contributed by atoms with Crippen molar-refractivity contribution in [2.24, 2.45) is 0 Å². The van der Waals surface area contributed by atoms with Gasteiger partial charge in [0.25, 0.3) is 0 Å². The Hall–Kier alpha value is -1.30. The highest BCUT2D eigenvalue weighted by Crippen LogP contribution is 1.98. The molecule has 0 spiro atoms. The molecule has 0 aromatic carbocycles. The van der Waals surface area contributed by atoms with Gasteiger partial charge in [-0.2, -0.15) is 4.98 Å². The van der Waals surface area contributed by atoms with Crippen LogP contribution in [0.1, 0.15) is 6.42 Å². The predicted molar refractivity (Wildman–Crippen MR) is 52.5 cm³/mol. The zero-order valence-corrected chi connectivity index (χ0v) is 8.04. The van der Waals surface area contributed by atoms with E-state index in [1.807, 2.05) is 14.1 Å². The molecule has 1 aromatic rings. The smallest absolute Gasteiger partial charge is 0.243 e. The molecule has 0 amide bonds. The molecular weight excluding hydrogens is 168 g/mol. The van der Waals surface area contributed by atoms with Crippen LogP contribution in [0.3, 0.4) is 0 Å². The third kappa shape index (κ3) is 3.75. The van der Waals surface area contributed by atoms with Gasteiger partial charge in [-0.3, -0.25) is 0 Å². The SMILES string of the molecule is CN(C)CCCNc1n[nH]c(N)n1. The average Bonchev–Trinajstić information content (AvgIpc) is 2.45. The molecule has 0 bridgehead atoms. The molecule has 1 heterocycles. The molecule has 0 atom stereocenters. The minimum Gasteiger partial charge on any atom is -0.368 e. The van der Waals surface area contributed by atoms with E-state index in [4.69, 9.17) is 5.73 Å². The summed E-state index contributed by atoms with van der Waals surface area (Å²) in [7, 11) is 4.09. The van der Waals surface area contributed by atoms with E-state index in [2.05, 4.69) is 25.4 Å². The largest absolute Gasteiger partial charge is 0.368 e. The Balaban J connectivity index is 2.13. The molecule has 6 nitrogen and oxygen atoms in total. The molecule has 0 aliphatic carbocycles. The van der Waals surface area contributed by atoms with Gasteiger partial charge in [-0.1, -0.05) is 0 Å². The highest BCUT2D eigenvalue weighted by Gasteiger charge is 1.97. The molecule has 1 aromatic heterocycles. The fourth-order valence-corrected chi connectivity index (χ4v) is 0.949. The molecule has 74 valence electrons. The standard InChI is InChI=1S/C7H16N6/c1-13(2)5-3-4-9-7-10-6(8)11-12-7/h3-5H2,1-2H3,(H4,8,9,10,11,12). The number of nitrogen functional groups attached to an aromatic ring is 1. The first kappa shape index (κ1) is 9.79. The summed E-state index contributed by atoms with van der Waals surface area (Å²) in [6.07, 6.45) is 1.06. The monoisotopic (exact) mass is 184 g/mol. The van der Waals surface area contributed by atoms with Gasteiger partial charge < -0.3 is 16.0 Å². The van der Waals surface area contributed by atoms with Crippen LogP contribution in [0.5, 0.6) is 0 Å². The molecule has 1 rings (SSSR count). The second-order valence-electron chi connectivity index (χ2n) is 3.13. The van der Waals surface area contributed by atoms with Crippen LogP contribution in [0.15, 0.2) is 0 Å². The number of nitrogens with two attached hydrogens (primary N) is 1. The molecule has 6 heteroatoms. The third-order valence-corrected chi connectivity index (χ3v) is 1.57. The zero-order valence-electron chi connectivity index (χ0n) is 8.04. The van der Waals surface area contributed by atoms with E-state index in [-0.39, 0.29) is 0 Å². The lowest BCUT2D eigenvalue weighted by Crippen LogP contribution is -2.16. The molecule has 4 N–H and O–H groups in total. The number of hydrogen-bond acceptors (Lipinski definition) is 5. The van der Waals surface area contributed by atoms with E-state index in [1.165, 1.54) is 0 Å². The Morgan fingerprint density at radius 1 is 1.54 bits per heavy atom. The molecule has 13 heavy (non-hydrogen) atoms. The van der Waals surface area contributed by atoms with Gasteiger partial charge in [0.05, 0.1) is 0 Å². The van der Waals surface area contributed by atoms with Crippen LogP contribution in [-0.4, -0.2) is 47.3 Å². The fraction of sp³-hybridized carbons (Fsp3) is 0.714. The summed E-state index contributed by atoms with van der Waals surface area (Å²) in [5, 5.41) is 9.47. The fourth-order valence-electron chi connectivity index (χ4n) is 0.949. The van der Waals surface area contributed by atoms with Crippen LogP contribution in [0.4, 0.5) is 11.9 Å². The highest BCUT2D eigenvalue weighted by molar-refractivity contribution is 5.29. The van der Waals surface area contributed by atoms with Crippen LogP contribution in [-0.2, 0) is 0 Å². The molecule has 0 aliphatic heterocycles. The van der Waals surface area contributed by atoms with Crippen molar-refractivity contribution in [1.29, 1.82) is 0 Å². The molecule has 0 radical (unpaired) electrons. The first-order chi connectivity index (χ1) is 6.18. The van der Waals surface area contributed by atoms with E-state index in [0.717, 1.165) is 19.5 Å². The van der Waals surface area contributed by atoms with Crippen molar-refractivity contribution in [1.82, 2.24) is 20.1 Å². The lowest BCUT2D eigenvalue weighted by molar-refractivity contribution is 0.405. The van der Waals surface area contributed by atoms with E-state index in [0.29, 0.717) is 11.9 Å². The van der Waals surface area contributed by atoms with Crippen LogP contribution in [0, 0.1) is 0 Å². The van der Waals surface area contributed by atoms with Crippen LogP contribution in [0.2, 0.25) is 0 Å². The van der Waals surface area contributed by atoms with Gasteiger partial charge in [0, 0.05) is 6.54 Å². The number of nitrogens with one attached hydrogen (secondary N) is 2. The molecule has 0 unspecified atom stereocenters. The van der Waals surface area contributed by atoms with Crippen molar-refractivity contribution in [3.8, 4) is 0 Å². The van der Waals surface area contributed by atoms with Crippen molar-refractivity contribution in [2.75, 3.05) is 38.2 Å². The molecular formula is C7H16N6. The van der Waals surface area contributed by atoms with Crippen LogP contribution in [0.25, 0.3) is 0 Å². The van der Waals surface area contributed by atoms with Gasteiger partial charge in [0.1, 0.15) is 0 Å². The summed E-state index contributed by atoms with van der Waals surface area (Å²) >= 11 is 0. The second kappa shape index (κ2) is 4.66. The number of rotatable bonds is 5. The molecule has 0 fully saturated rings. The van der Waals surface area contributed by atoms with Gasteiger partial charge >= 0.3 is 0 Å². The number of anilines is 2. The van der Waals surface area contributed by atoms with Crippen molar-refractivity contribution in [3.63, 3.8) is 0 Å². The normalized spacial score (nSPS) is 10.7. The highest BCUT2D eigenvalue weighted by atomic mass is 15.3. The first-order valence-electron chi connectivity index (χ1n) is 4.25. The quantitative estimate of drug-likeness (QED) is 0.550. The topological polar surface area (TPSA) is 82.9 Å². The van der Waals surface area contributed by atoms with Crippen molar-refractivity contribution in [2.45, 2.75) is 6.42 Å². The summed E-state index contributed by atoms with van der Waals surface area (Å²) in [6.45, 7) is 1.91. The number of aromatic nitrogens is 3. The Morgan fingerprint density at radius 2 is 2.31 bits per heavy atom. The van der Waals surface area contributed by atoms with Gasteiger partial charge in [-0.05, 0) is 27.1 Å². The van der Waals surface area contributed by atoms with Gasteiger partial charge in [-0.25, -0.2) is 5.10 Å². The zero-order chi connectivity index (χ0) is 9.68. The first-order valence-corrected chi connectivity index (χ1v) is 4.25. The lowest BCUT2D eigenvalue weighted by Gasteiger charge is -2.08. The van der Waals surface area contributed by atoms with Crippen molar-refractivity contribution < 1.29 is 0 Å². The summed E-state index contributed by atoms with van der Waals surface area (Å²) in [6, 6.07) is 0. The van der Waals surface area contributed by atoms with Crippen molar-refractivity contribution >= 4 is 11.9 Å². The summed E-state index contributed by atoms with van der Waals surface area (Å²) in [4.78, 5) is 6.05. The number of aromatic amines is 1. The van der Waals surface area contributed by atoms with Crippen LogP contribution >= 0.6 is 0 Å². The number of H-pyrrole nitrogens is 1. The van der Waals surface area contributed by atoms with Crippen LogP contribution < -0.4 is 11.1 Å². The Bertz CT molecular complexity index is 243. The Labute approximate surface area is 77.5 Å². The minimum absolute atomic E-state index is 0.343. The van der Waals surface area contributed by atoms with E-state index in [1.54, 1.807) is 0 Å². The minimum atomic E-state index is 0.343. The van der Waals surface area contributed by atoms with E-state index in [9.17, 15) is 0 Å². The second-order valence-corrected chi connectivity index (χ2v) is 3.13. The van der Waals surface area contributed by atoms with Gasteiger partial charge in [-0.15, -0.1) is 5.10 Å². The van der Waals surface area contributed by atoms with Gasteiger partial charge in [0.2, 0.25) is 11.9 Å². The maximum Gasteiger partial charge on any atom is 0.243 e. The maximum absolute atomic E-state index is 5.35.